The number of carboxylic acids is 1. The van der Waals surface area contributed by atoms with Gasteiger partial charge >= 0.3 is 5.97 Å². The number of fused-ring (bicyclic) bond motifs is 1. The third-order valence-electron chi connectivity index (χ3n) is 5.27. The average Bonchev–Trinajstić information content (AvgIpc) is 3.11. The average molecular weight is 415 g/mol. The highest BCUT2D eigenvalue weighted by atomic mass is 16.6. The molecule has 0 unspecified atom stereocenters. The Hall–Kier alpha value is -4.00. The highest BCUT2D eigenvalue weighted by Gasteiger charge is 2.19. The Balaban J connectivity index is 1.72. The van der Waals surface area contributed by atoms with Crippen LogP contribution in [-0.4, -0.2) is 25.6 Å². The van der Waals surface area contributed by atoms with Gasteiger partial charge in [0.1, 0.15) is 5.82 Å². The zero-order chi connectivity index (χ0) is 22.0. The molecule has 1 aromatic heterocycles. The maximum absolute atomic E-state index is 11.5. The van der Waals surface area contributed by atoms with Gasteiger partial charge in [-0.2, -0.15) is 0 Å². The number of rotatable bonds is 7. The molecular weight excluding hydrogens is 394 g/mol. The topological polar surface area (TPSA) is 98.3 Å². The smallest absolute Gasteiger partial charge is 0.336 e. The Bertz CT molecular complexity index is 1280. The molecule has 4 rings (SSSR count). The van der Waals surface area contributed by atoms with Crippen molar-refractivity contribution in [2.45, 2.75) is 26.3 Å². The molecule has 3 aromatic carbocycles. The summed E-state index contributed by atoms with van der Waals surface area (Å²) in [5, 5.41) is 20.9. The quantitative estimate of drug-likeness (QED) is 0.326. The molecule has 0 amide bonds. The first kappa shape index (κ1) is 20.3. The molecule has 31 heavy (non-hydrogen) atoms. The predicted molar refractivity (Wildman–Crippen MR) is 118 cm³/mol. The van der Waals surface area contributed by atoms with E-state index in [4.69, 9.17) is 0 Å². The Morgan fingerprint density at radius 3 is 2.48 bits per heavy atom. The van der Waals surface area contributed by atoms with Gasteiger partial charge in [-0.25, -0.2) is 9.78 Å². The van der Waals surface area contributed by atoms with Crippen molar-refractivity contribution >= 4 is 22.7 Å². The van der Waals surface area contributed by atoms with Gasteiger partial charge in [0.05, 0.1) is 16.0 Å². The van der Waals surface area contributed by atoms with E-state index < -0.39 is 10.9 Å². The molecule has 0 aliphatic rings. The molecule has 7 heteroatoms. The number of carbonyl (C=O) groups is 1. The van der Waals surface area contributed by atoms with Crippen LogP contribution in [0.2, 0.25) is 0 Å². The van der Waals surface area contributed by atoms with Crippen LogP contribution in [0, 0.1) is 10.1 Å². The zero-order valence-electron chi connectivity index (χ0n) is 17.0. The van der Waals surface area contributed by atoms with Crippen molar-refractivity contribution in [3.05, 3.63) is 93.8 Å². The van der Waals surface area contributed by atoms with Gasteiger partial charge in [0.25, 0.3) is 5.69 Å². The van der Waals surface area contributed by atoms with Crippen LogP contribution < -0.4 is 0 Å². The third kappa shape index (κ3) is 3.90. The lowest BCUT2D eigenvalue weighted by Crippen LogP contribution is -2.05. The van der Waals surface area contributed by atoms with Crippen LogP contribution in [0.25, 0.3) is 22.2 Å². The van der Waals surface area contributed by atoms with Gasteiger partial charge in [-0.05, 0) is 35.2 Å². The number of hydrogen-bond acceptors (Lipinski definition) is 4. The third-order valence-corrected chi connectivity index (χ3v) is 5.27. The summed E-state index contributed by atoms with van der Waals surface area (Å²) in [5.41, 5.74) is 3.89. The Morgan fingerprint density at radius 2 is 1.81 bits per heavy atom. The standard InChI is InChI=1S/C24H21N3O4/c1-2-6-22-25-23-20(9-5-10-21(23)27(30)31)26(22)15-16-11-13-17(14-12-16)18-7-3-4-8-19(18)24(28)29/h3-5,7-14H,2,6,15H2,1H3,(H,28,29). The maximum atomic E-state index is 11.5. The number of imidazole rings is 1. The number of para-hydroxylation sites is 1. The lowest BCUT2D eigenvalue weighted by Gasteiger charge is -2.11. The summed E-state index contributed by atoms with van der Waals surface area (Å²) in [6, 6.07) is 19.6. The Kier molecular flexibility index (Phi) is 5.49. The first-order valence-electron chi connectivity index (χ1n) is 10.0. The molecule has 0 aliphatic carbocycles. The van der Waals surface area contributed by atoms with E-state index in [0.29, 0.717) is 17.6 Å². The maximum Gasteiger partial charge on any atom is 0.336 e. The number of nitro groups is 1. The second-order valence-electron chi connectivity index (χ2n) is 7.31. The summed E-state index contributed by atoms with van der Waals surface area (Å²) in [7, 11) is 0. The summed E-state index contributed by atoms with van der Waals surface area (Å²) in [6.07, 6.45) is 1.60. The Labute approximate surface area is 178 Å². The highest BCUT2D eigenvalue weighted by Crippen LogP contribution is 2.28. The van der Waals surface area contributed by atoms with Crippen LogP contribution in [0.5, 0.6) is 0 Å². The Morgan fingerprint density at radius 1 is 1.06 bits per heavy atom. The number of aromatic nitrogens is 2. The monoisotopic (exact) mass is 415 g/mol. The van der Waals surface area contributed by atoms with Crippen LogP contribution in [0.4, 0.5) is 5.69 Å². The first-order valence-corrected chi connectivity index (χ1v) is 10.0. The summed E-state index contributed by atoms with van der Waals surface area (Å²) in [4.78, 5) is 27.1. The van der Waals surface area contributed by atoms with Crippen LogP contribution >= 0.6 is 0 Å². The van der Waals surface area contributed by atoms with Gasteiger partial charge in [0.15, 0.2) is 5.52 Å². The fourth-order valence-corrected chi connectivity index (χ4v) is 3.81. The van der Waals surface area contributed by atoms with E-state index in [-0.39, 0.29) is 11.3 Å². The van der Waals surface area contributed by atoms with Crippen molar-refractivity contribution in [1.82, 2.24) is 9.55 Å². The van der Waals surface area contributed by atoms with E-state index in [2.05, 4.69) is 4.98 Å². The summed E-state index contributed by atoms with van der Waals surface area (Å²) in [6.45, 7) is 2.57. The predicted octanol–water partition coefficient (Wildman–Crippen LogP) is 5.31. The molecule has 0 radical (unpaired) electrons. The van der Waals surface area contributed by atoms with E-state index in [0.717, 1.165) is 35.3 Å². The summed E-state index contributed by atoms with van der Waals surface area (Å²) in [5.74, 6) is -0.150. The van der Waals surface area contributed by atoms with Gasteiger partial charge in [-0.3, -0.25) is 10.1 Å². The van der Waals surface area contributed by atoms with Crippen LogP contribution in [-0.2, 0) is 13.0 Å². The van der Waals surface area contributed by atoms with Crippen LogP contribution in [0.3, 0.4) is 0 Å². The summed E-state index contributed by atoms with van der Waals surface area (Å²) >= 11 is 0. The van der Waals surface area contributed by atoms with Crippen LogP contribution in [0.15, 0.2) is 66.7 Å². The highest BCUT2D eigenvalue weighted by molar-refractivity contribution is 5.96. The van der Waals surface area contributed by atoms with Gasteiger partial charge in [0.2, 0.25) is 0 Å². The molecule has 0 fully saturated rings. The van der Waals surface area contributed by atoms with E-state index >= 15 is 0 Å². The number of hydrogen-bond donors (Lipinski definition) is 1. The molecule has 1 N–H and O–H groups in total. The fourth-order valence-electron chi connectivity index (χ4n) is 3.81. The van der Waals surface area contributed by atoms with Crippen molar-refractivity contribution in [3.63, 3.8) is 0 Å². The van der Waals surface area contributed by atoms with Gasteiger partial charge in [-0.15, -0.1) is 0 Å². The molecular formula is C24H21N3O4. The van der Waals surface area contributed by atoms with Crippen molar-refractivity contribution in [2.24, 2.45) is 0 Å². The van der Waals surface area contributed by atoms with E-state index in [1.165, 1.54) is 6.07 Å². The van der Waals surface area contributed by atoms with E-state index in [1.54, 1.807) is 24.3 Å². The number of benzene rings is 3. The van der Waals surface area contributed by atoms with E-state index in [1.807, 2.05) is 47.9 Å². The molecule has 0 bridgehead atoms. The lowest BCUT2D eigenvalue weighted by atomic mass is 9.99. The van der Waals surface area contributed by atoms with E-state index in [9.17, 15) is 20.0 Å². The number of aromatic carboxylic acids is 1. The van der Waals surface area contributed by atoms with Crippen molar-refractivity contribution < 1.29 is 14.8 Å². The first-order chi connectivity index (χ1) is 15.0. The fraction of sp³-hybridized carbons (Fsp3) is 0.167. The molecule has 1 heterocycles. The van der Waals surface area contributed by atoms with Gasteiger partial charge in [-0.1, -0.05) is 55.5 Å². The minimum absolute atomic E-state index is 0.00855. The molecule has 0 saturated heterocycles. The normalized spacial score (nSPS) is 11.0. The minimum Gasteiger partial charge on any atom is -0.478 e. The number of nitrogens with zero attached hydrogens (tertiary/aromatic N) is 3. The molecule has 0 spiro atoms. The largest absolute Gasteiger partial charge is 0.478 e. The van der Waals surface area contributed by atoms with Crippen LogP contribution in [0.1, 0.15) is 35.1 Å². The molecule has 7 nitrogen and oxygen atoms in total. The molecule has 156 valence electrons. The van der Waals surface area contributed by atoms with Gasteiger partial charge < -0.3 is 9.67 Å². The van der Waals surface area contributed by atoms with Gasteiger partial charge in [0, 0.05) is 19.0 Å². The molecule has 0 saturated carbocycles. The lowest BCUT2D eigenvalue weighted by molar-refractivity contribution is -0.383. The van der Waals surface area contributed by atoms with Crippen molar-refractivity contribution in [3.8, 4) is 11.1 Å². The molecule has 0 atom stereocenters. The second kappa shape index (κ2) is 8.39. The summed E-state index contributed by atoms with van der Waals surface area (Å²) < 4.78 is 2.02. The number of non-ortho nitro benzene ring substituents is 1. The minimum atomic E-state index is -0.963. The number of carboxylic acid groups (broad SMARTS) is 1. The van der Waals surface area contributed by atoms with Crippen molar-refractivity contribution in [1.29, 1.82) is 0 Å². The molecule has 4 aromatic rings. The molecule has 0 aliphatic heterocycles. The SMILES string of the molecule is CCCc1nc2c([N+](=O)[O-])cccc2n1Cc1ccc(-c2ccccc2C(=O)O)cc1. The zero-order valence-corrected chi connectivity index (χ0v) is 17.0. The number of aryl methyl sites for hydroxylation is 1. The second-order valence-corrected chi connectivity index (χ2v) is 7.31. The number of nitro benzene ring substituents is 1. The van der Waals surface area contributed by atoms with Crippen molar-refractivity contribution in [2.75, 3.05) is 0 Å².